The van der Waals surface area contributed by atoms with E-state index in [1.807, 2.05) is 59.5 Å². The highest BCUT2D eigenvalue weighted by atomic mass is 79.9. The average molecular weight is 425 g/mol. The third kappa shape index (κ3) is 3.75. The number of aromatic nitrogens is 1. The monoisotopic (exact) mass is 424 g/mol. The molecule has 0 bridgehead atoms. The lowest BCUT2D eigenvalue weighted by atomic mass is 9.97. The van der Waals surface area contributed by atoms with Crippen molar-refractivity contribution >= 4 is 32.7 Å². The van der Waals surface area contributed by atoms with Crippen molar-refractivity contribution in [3.63, 3.8) is 0 Å². The number of carbonyl (C=O) groups excluding carboxylic acids is 1. The molecule has 1 fully saturated rings. The molecule has 3 aromatic rings. The van der Waals surface area contributed by atoms with Crippen molar-refractivity contribution < 1.29 is 9.90 Å². The van der Waals surface area contributed by atoms with Gasteiger partial charge >= 0.3 is 0 Å². The number of rotatable bonds is 3. The van der Waals surface area contributed by atoms with Crippen LogP contribution >= 0.6 is 15.9 Å². The third-order valence-electron chi connectivity index (χ3n) is 5.15. The highest BCUT2D eigenvalue weighted by molar-refractivity contribution is 9.10. The smallest absolute Gasteiger partial charge is 0.254 e. The zero-order valence-electron chi connectivity index (χ0n) is 14.9. The topological polar surface area (TPSA) is 53.4 Å². The van der Waals surface area contributed by atoms with Crippen molar-refractivity contribution in [2.45, 2.75) is 12.8 Å². The third-order valence-corrected chi connectivity index (χ3v) is 5.68. The van der Waals surface area contributed by atoms with Crippen molar-refractivity contribution in [2.24, 2.45) is 5.92 Å². The van der Waals surface area contributed by atoms with Crippen LogP contribution in [0.25, 0.3) is 22.2 Å². The fourth-order valence-electron chi connectivity index (χ4n) is 3.69. The summed E-state index contributed by atoms with van der Waals surface area (Å²) in [4.78, 5) is 20.0. The fourth-order valence-corrected chi connectivity index (χ4v) is 3.95. The molecule has 1 unspecified atom stereocenters. The Hall–Kier alpha value is -2.24. The normalized spacial score (nSPS) is 17.3. The predicted octanol–water partition coefficient (Wildman–Crippen LogP) is 4.51. The summed E-state index contributed by atoms with van der Waals surface area (Å²) < 4.78 is 1.01. The van der Waals surface area contributed by atoms with E-state index in [0.29, 0.717) is 12.1 Å². The number of fused-ring (bicyclic) bond motifs is 1. The van der Waals surface area contributed by atoms with E-state index in [-0.39, 0.29) is 18.4 Å². The van der Waals surface area contributed by atoms with Crippen LogP contribution in [-0.4, -0.2) is 40.6 Å². The number of likely N-dealkylation sites (tertiary alicyclic amines) is 1. The molecular formula is C22H21BrN2O2. The number of amides is 1. The van der Waals surface area contributed by atoms with Gasteiger partial charge in [0.05, 0.1) is 16.8 Å². The fraction of sp³-hybridized carbons (Fsp3) is 0.273. The Morgan fingerprint density at radius 2 is 1.96 bits per heavy atom. The van der Waals surface area contributed by atoms with E-state index in [9.17, 15) is 9.90 Å². The zero-order chi connectivity index (χ0) is 18.8. The number of aliphatic hydroxyl groups excluding tert-OH is 1. The van der Waals surface area contributed by atoms with Crippen LogP contribution in [0.5, 0.6) is 0 Å². The molecule has 1 saturated heterocycles. The zero-order valence-corrected chi connectivity index (χ0v) is 16.5. The molecule has 2 aromatic carbocycles. The van der Waals surface area contributed by atoms with Crippen molar-refractivity contribution in [3.8, 4) is 11.3 Å². The van der Waals surface area contributed by atoms with E-state index < -0.39 is 0 Å². The number of nitrogens with zero attached hydrogens (tertiary/aromatic N) is 2. The van der Waals surface area contributed by atoms with Gasteiger partial charge < -0.3 is 10.0 Å². The van der Waals surface area contributed by atoms with Crippen LogP contribution < -0.4 is 0 Å². The molecule has 0 saturated carbocycles. The summed E-state index contributed by atoms with van der Waals surface area (Å²) >= 11 is 3.46. The van der Waals surface area contributed by atoms with E-state index in [0.717, 1.165) is 46.0 Å². The van der Waals surface area contributed by atoms with E-state index in [1.54, 1.807) is 0 Å². The Kier molecular flexibility index (Phi) is 5.23. The maximum atomic E-state index is 13.3. The average Bonchev–Trinajstić information content (AvgIpc) is 2.73. The Labute approximate surface area is 167 Å². The SMILES string of the molecule is O=C(c1cc(-c2ccc(Br)cc2)nc2ccccc12)N1CCCC(CO)C1. The molecule has 1 atom stereocenters. The summed E-state index contributed by atoms with van der Waals surface area (Å²) in [6, 6.07) is 17.6. The minimum atomic E-state index is 0.0186. The molecule has 1 amide bonds. The van der Waals surface area contributed by atoms with E-state index in [2.05, 4.69) is 15.9 Å². The van der Waals surface area contributed by atoms with Gasteiger partial charge in [-0.05, 0) is 43.0 Å². The standard InChI is InChI=1S/C22H21BrN2O2/c23-17-9-7-16(8-10-17)21-12-19(18-5-1-2-6-20(18)24-21)22(27)25-11-3-4-15(13-25)14-26/h1-2,5-10,12,15,26H,3-4,11,13-14H2. The summed E-state index contributed by atoms with van der Waals surface area (Å²) in [7, 11) is 0. The minimum Gasteiger partial charge on any atom is -0.396 e. The van der Waals surface area contributed by atoms with Crippen LogP contribution in [-0.2, 0) is 0 Å². The number of hydrogen-bond donors (Lipinski definition) is 1. The number of para-hydroxylation sites is 1. The van der Waals surface area contributed by atoms with Crippen LogP contribution in [0.4, 0.5) is 0 Å². The second-order valence-corrected chi connectivity index (χ2v) is 7.94. The Balaban J connectivity index is 1.78. The largest absolute Gasteiger partial charge is 0.396 e. The van der Waals surface area contributed by atoms with Gasteiger partial charge in [0, 0.05) is 35.1 Å². The molecule has 0 spiro atoms. The number of hydrogen-bond acceptors (Lipinski definition) is 3. The first-order chi connectivity index (χ1) is 13.2. The first-order valence-corrected chi connectivity index (χ1v) is 10.0. The van der Waals surface area contributed by atoms with Crippen LogP contribution in [0.1, 0.15) is 23.2 Å². The maximum absolute atomic E-state index is 13.3. The molecule has 0 aliphatic carbocycles. The summed E-state index contributed by atoms with van der Waals surface area (Å²) in [5.74, 6) is 0.187. The molecule has 0 radical (unpaired) electrons. The lowest BCUT2D eigenvalue weighted by molar-refractivity contribution is 0.0622. The van der Waals surface area contributed by atoms with E-state index >= 15 is 0 Å². The van der Waals surface area contributed by atoms with Gasteiger partial charge in [0.1, 0.15) is 0 Å². The van der Waals surface area contributed by atoms with Crippen LogP contribution in [0.2, 0.25) is 0 Å². The van der Waals surface area contributed by atoms with Crippen molar-refractivity contribution in [3.05, 3.63) is 64.6 Å². The molecule has 2 heterocycles. The van der Waals surface area contributed by atoms with Gasteiger partial charge in [0.15, 0.2) is 0 Å². The quantitative estimate of drug-likeness (QED) is 0.672. The second-order valence-electron chi connectivity index (χ2n) is 7.02. The maximum Gasteiger partial charge on any atom is 0.254 e. The second kappa shape index (κ2) is 7.79. The lowest BCUT2D eigenvalue weighted by Crippen LogP contribution is -2.41. The van der Waals surface area contributed by atoms with Crippen LogP contribution in [0.3, 0.4) is 0 Å². The van der Waals surface area contributed by atoms with E-state index in [1.165, 1.54) is 0 Å². The lowest BCUT2D eigenvalue weighted by Gasteiger charge is -2.32. The van der Waals surface area contributed by atoms with Gasteiger partial charge in [-0.1, -0.05) is 46.3 Å². The summed E-state index contributed by atoms with van der Waals surface area (Å²) in [5.41, 5.74) is 3.26. The Morgan fingerprint density at radius 3 is 2.74 bits per heavy atom. The summed E-state index contributed by atoms with van der Waals surface area (Å²) in [6.07, 6.45) is 1.90. The Morgan fingerprint density at radius 1 is 1.19 bits per heavy atom. The van der Waals surface area contributed by atoms with Crippen molar-refractivity contribution in [2.75, 3.05) is 19.7 Å². The summed E-state index contributed by atoms with van der Waals surface area (Å²) in [5, 5.41) is 10.4. The van der Waals surface area contributed by atoms with Gasteiger partial charge in [-0.2, -0.15) is 0 Å². The number of benzene rings is 2. The van der Waals surface area contributed by atoms with Crippen molar-refractivity contribution in [1.82, 2.24) is 9.88 Å². The molecule has 1 aliphatic heterocycles. The van der Waals surface area contributed by atoms with Gasteiger partial charge in [-0.25, -0.2) is 4.98 Å². The highest BCUT2D eigenvalue weighted by Gasteiger charge is 2.25. The van der Waals surface area contributed by atoms with Crippen molar-refractivity contribution in [1.29, 1.82) is 0 Å². The highest BCUT2D eigenvalue weighted by Crippen LogP contribution is 2.28. The van der Waals surface area contributed by atoms with Gasteiger partial charge in [0.25, 0.3) is 5.91 Å². The molecule has 1 aromatic heterocycles. The number of piperidine rings is 1. The molecule has 4 nitrogen and oxygen atoms in total. The number of aliphatic hydroxyl groups is 1. The van der Waals surface area contributed by atoms with Gasteiger partial charge in [-0.15, -0.1) is 0 Å². The van der Waals surface area contributed by atoms with E-state index in [4.69, 9.17) is 4.98 Å². The molecule has 1 aliphatic rings. The minimum absolute atomic E-state index is 0.0186. The molecule has 5 heteroatoms. The number of pyridine rings is 1. The first kappa shape index (κ1) is 18.1. The van der Waals surface area contributed by atoms with Crippen LogP contribution in [0.15, 0.2) is 59.1 Å². The van der Waals surface area contributed by atoms with Gasteiger partial charge in [0.2, 0.25) is 0 Å². The molecular weight excluding hydrogens is 404 g/mol. The predicted molar refractivity (Wildman–Crippen MR) is 111 cm³/mol. The number of carbonyl (C=O) groups is 1. The molecule has 138 valence electrons. The molecule has 1 N–H and O–H groups in total. The first-order valence-electron chi connectivity index (χ1n) is 9.21. The van der Waals surface area contributed by atoms with Crippen LogP contribution in [0, 0.1) is 5.92 Å². The Bertz CT molecular complexity index is 972. The van der Waals surface area contributed by atoms with Gasteiger partial charge in [-0.3, -0.25) is 4.79 Å². The molecule has 4 rings (SSSR count). The summed E-state index contributed by atoms with van der Waals surface area (Å²) in [6.45, 7) is 1.48. The molecule has 27 heavy (non-hydrogen) atoms. The number of halogens is 1.